The van der Waals surface area contributed by atoms with Gasteiger partial charge in [0.05, 0.1) is 4.47 Å². The molecule has 2 rings (SSSR count). The number of benzene rings is 2. The number of ether oxygens (including phenoxy) is 1. The van der Waals surface area contributed by atoms with Crippen LogP contribution in [0.3, 0.4) is 0 Å². The largest absolute Gasteiger partial charge is 0.487 e. The molecule has 0 atom stereocenters. The van der Waals surface area contributed by atoms with E-state index >= 15 is 0 Å². The highest BCUT2D eigenvalue weighted by Crippen LogP contribution is 2.33. The number of hydrogen-bond acceptors (Lipinski definition) is 2. The minimum atomic E-state index is 0.540. The van der Waals surface area contributed by atoms with Gasteiger partial charge in [0, 0.05) is 17.1 Å². The smallest absolute Gasteiger partial charge is 0.138 e. The quantitative estimate of drug-likeness (QED) is 0.839. The summed E-state index contributed by atoms with van der Waals surface area (Å²) in [6.07, 6.45) is 0. The predicted octanol–water partition coefficient (Wildman–Crippen LogP) is 4.71. The van der Waals surface area contributed by atoms with E-state index in [1.807, 2.05) is 25.2 Å². The molecule has 2 nitrogen and oxygen atoms in total. The van der Waals surface area contributed by atoms with E-state index in [4.69, 9.17) is 16.3 Å². The molecule has 2 aromatic rings. The van der Waals surface area contributed by atoms with E-state index < -0.39 is 0 Å². The number of rotatable bonds is 5. The summed E-state index contributed by atoms with van der Waals surface area (Å²) >= 11 is 9.60. The zero-order valence-electron chi connectivity index (χ0n) is 11.5. The van der Waals surface area contributed by atoms with E-state index in [0.717, 1.165) is 21.3 Å². The molecule has 0 saturated carbocycles. The fourth-order valence-corrected chi connectivity index (χ4v) is 3.04. The Bertz CT molecular complexity index is 601. The van der Waals surface area contributed by atoms with E-state index in [1.165, 1.54) is 5.56 Å². The molecule has 0 aromatic heterocycles. The van der Waals surface area contributed by atoms with Crippen molar-refractivity contribution in [1.82, 2.24) is 5.32 Å². The maximum absolute atomic E-state index is 6.08. The van der Waals surface area contributed by atoms with E-state index in [0.29, 0.717) is 18.2 Å². The van der Waals surface area contributed by atoms with Gasteiger partial charge in [0.1, 0.15) is 12.4 Å². The second-order valence-electron chi connectivity index (χ2n) is 4.68. The topological polar surface area (TPSA) is 21.3 Å². The zero-order chi connectivity index (χ0) is 14.5. The Labute approximate surface area is 133 Å². The van der Waals surface area contributed by atoms with Crippen LogP contribution >= 0.6 is 27.5 Å². The first-order valence-electron chi connectivity index (χ1n) is 6.41. The molecule has 2 aromatic carbocycles. The van der Waals surface area contributed by atoms with Crippen molar-refractivity contribution in [3.63, 3.8) is 0 Å². The summed E-state index contributed by atoms with van der Waals surface area (Å²) in [4.78, 5) is 0. The van der Waals surface area contributed by atoms with Crippen molar-refractivity contribution in [2.24, 2.45) is 0 Å². The van der Waals surface area contributed by atoms with Gasteiger partial charge in [0.2, 0.25) is 0 Å². The molecule has 106 valence electrons. The Kier molecular flexibility index (Phi) is 5.46. The third-order valence-corrected chi connectivity index (χ3v) is 3.73. The van der Waals surface area contributed by atoms with Crippen molar-refractivity contribution < 1.29 is 4.74 Å². The van der Waals surface area contributed by atoms with Crippen molar-refractivity contribution in [3.05, 3.63) is 62.6 Å². The Morgan fingerprint density at radius 2 is 2.05 bits per heavy atom. The van der Waals surface area contributed by atoms with Crippen LogP contribution in [0, 0.1) is 6.92 Å². The molecule has 4 heteroatoms. The first kappa shape index (κ1) is 15.4. The highest BCUT2D eigenvalue weighted by molar-refractivity contribution is 9.10. The molecule has 0 amide bonds. The molecule has 20 heavy (non-hydrogen) atoms. The first-order valence-corrected chi connectivity index (χ1v) is 7.58. The Morgan fingerprint density at radius 1 is 1.25 bits per heavy atom. The first-order chi connectivity index (χ1) is 9.60. The molecule has 0 saturated heterocycles. The van der Waals surface area contributed by atoms with E-state index in [-0.39, 0.29) is 0 Å². The minimum absolute atomic E-state index is 0.540. The van der Waals surface area contributed by atoms with Crippen LogP contribution in [0.15, 0.2) is 40.9 Å². The molecule has 0 radical (unpaired) electrons. The molecular weight excluding hydrogens is 338 g/mol. The van der Waals surface area contributed by atoms with E-state index in [2.05, 4.69) is 46.4 Å². The summed E-state index contributed by atoms with van der Waals surface area (Å²) in [6, 6.07) is 12.1. The van der Waals surface area contributed by atoms with E-state index in [9.17, 15) is 0 Å². The van der Waals surface area contributed by atoms with E-state index in [1.54, 1.807) is 0 Å². The second-order valence-corrected chi connectivity index (χ2v) is 5.97. The summed E-state index contributed by atoms with van der Waals surface area (Å²) < 4.78 is 6.85. The van der Waals surface area contributed by atoms with Gasteiger partial charge in [-0.05, 0) is 47.6 Å². The van der Waals surface area contributed by atoms with Gasteiger partial charge in [0.25, 0.3) is 0 Å². The van der Waals surface area contributed by atoms with Crippen molar-refractivity contribution in [2.45, 2.75) is 20.1 Å². The number of aryl methyl sites for hydroxylation is 1. The Balaban J connectivity index is 2.20. The van der Waals surface area contributed by atoms with Crippen molar-refractivity contribution >= 4 is 27.5 Å². The van der Waals surface area contributed by atoms with Gasteiger partial charge in [-0.2, -0.15) is 0 Å². The van der Waals surface area contributed by atoms with Gasteiger partial charge < -0.3 is 10.1 Å². The van der Waals surface area contributed by atoms with Crippen LogP contribution in [0.2, 0.25) is 5.02 Å². The molecule has 1 N–H and O–H groups in total. The number of hydrogen-bond donors (Lipinski definition) is 1. The normalized spacial score (nSPS) is 10.6. The molecule has 0 aliphatic rings. The summed E-state index contributed by atoms with van der Waals surface area (Å²) in [6.45, 7) is 3.33. The number of halogens is 2. The predicted molar refractivity (Wildman–Crippen MR) is 87.4 cm³/mol. The minimum Gasteiger partial charge on any atom is -0.487 e. The summed E-state index contributed by atoms with van der Waals surface area (Å²) in [5.74, 6) is 0.838. The molecular formula is C16H17BrClNO. The average Bonchev–Trinajstić information content (AvgIpc) is 2.38. The van der Waals surface area contributed by atoms with Crippen LogP contribution in [0.1, 0.15) is 16.7 Å². The molecule has 0 spiro atoms. The molecule has 0 fully saturated rings. The molecule has 0 aliphatic heterocycles. The van der Waals surface area contributed by atoms with Crippen LogP contribution in [0.25, 0.3) is 0 Å². The lowest BCUT2D eigenvalue weighted by molar-refractivity contribution is 0.300. The van der Waals surface area contributed by atoms with Crippen LogP contribution < -0.4 is 10.1 Å². The highest BCUT2D eigenvalue weighted by Gasteiger charge is 2.10. The Hall–Kier alpha value is -1.03. The number of nitrogens with one attached hydrogen (secondary N) is 1. The summed E-state index contributed by atoms with van der Waals surface area (Å²) in [5.41, 5.74) is 3.43. The lowest BCUT2D eigenvalue weighted by Crippen LogP contribution is -2.08. The van der Waals surface area contributed by atoms with Crippen LogP contribution in [-0.2, 0) is 13.2 Å². The van der Waals surface area contributed by atoms with Gasteiger partial charge >= 0.3 is 0 Å². The maximum atomic E-state index is 6.08. The molecule has 0 aliphatic carbocycles. The Morgan fingerprint density at radius 3 is 2.75 bits per heavy atom. The fourth-order valence-electron chi connectivity index (χ4n) is 2.05. The van der Waals surface area contributed by atoms with Crippen molar-refractivity contribution in [3.8, 4) is 5.75 Å². The second kappa shape index (κ2) is 7.11. The highest BCUT2D eigenvalue weighted by atomic mass is 79.9. The molecule has 0 unspecified atom stereocenters. The van der Waals surface area contributed by atoms with Gasteiger partial charge in [-0.15, -0.1) is 0 Å². The van der Waals surface area contributed by atoms with Crippen molar-refractivity contribution in [1.29, 1.82) is 0 Å². The van der Waals surface area contributed by atoms with Crippen LogP contribution in [-0.4, -0.2) is 7.05 Å². The van der Waals surface area contributed by atoms with Gasteiger partial charge in [-0.25, -0.2) is 0 Å². The van der Waals surface area contributed by atoms with Gasteiger partial charge in [0.15, 0.2) is 0 Å². The van der Waals surface area contributed by atoms with Gasteiger partial charge in [-0.1, -0.05) is 41.4 Å². The third-order valence-electron chi connectivity index (χ3n) is 2.92. The lowest BCUT2D eigenvalue weighted by atomic mass is 10.1. The monoisotopic (exact) mass is 353 g/mol. The van der Waals surface area contributed by atoms with Crippen LogP contribution in [0.4, 0.5) is 0 Å². The maximum Gasteiger partial charge on any atom is 0.138 e. The summed E-state index contributed by atoms with van der Waals surface area (Å²) in [7, 11) is 1.90. The van der Waals surface area contributed by atoms with Crippen molar-refractivity contribution in [2.75, 3.05) is 7.05 Å². The third kappa shape index (κ3) is 3.98. The van der Waals surface area contributed by atoms with Gasteiger partial charge in [-0.3, -0.25) is 0 Å². The molecule has 0 bridgehead atoms. The SMILES string of the molecule is CNCc1cc(Cl)cc(Br)c1OCc1cccc(C)c1. The average molecular weight is 355 g/mol. The standard InChI is InChI=1S/C16H17BrClNO/c1-11-4-3-5-12(6-11)10-20-16-13(9-19-2)7-14(18)8-15(16)17/h3-8,19H,9-10H2,1-2H3. The zero-order valence-corrected chi connectivity index (χ0v) is 13.9. The fraction of sp³-hybridized carbons (Fsp3) is 0.250. The molecule has 0 heterocycles. The summed E-state index contributed by atoms with van der Waals surface area (Å²) in [5, 5.41) is 3.83. The van der Waals surface area contributed by atoms with Crippen LogP contribution in [0.5, 0.6) is 5.75 Å². The lowest BCUT2D eigenvalue weighted by Gasteiger charge is -2.14.